The fraction of sp³-hybridized carbons (Fsp3) is 0.207. The lowest BCUT2D eigenvalue weighted by molar-refractivity contribution is -0.130. The van der Waals surface area contributed by atoms with Gasteiger partial charge in [0.1, 0.15) is 12.4 Å². The van der Waals surface area contributed by atoms with Gasteiger partial charge in [-0.2, -0.15) is 0 Å². The molecule has 3 rings (SSSR count). The molecule has 8 heteroatoms. The Morgan fingerprint density at radius 2 is 1.62 bits per heavy atom. The summed E-state index contributed by atoms with van der Waals surface area (Å²) in [5.74, 6) is -0.554. The number of nitrogens with one attached hydrogen (secondary N) is 2. The molecule has 0 spiro atoms. The lowest BCUT2D eigenvalue weighted by Crippen LogP contribution is -2.35. The van der Waals surface area contributed by atoms with E-state index in [1.54, 1.807) is 29.2 Å². The summed E-state index contributed by atoms with van der Waals surface area (Å²) in [5.41, 5.74) is 4.21. The van der Waals surface area contributed by atoms with Gasteiger partial charge in [-0.3, -0.25) is 4.79 Å². The first-order valence-electron chi connectivity index (χ1n) is 11.8. The van der Waals surface area contributed by atoms with Crippen LogP contribution in [0, 0.1) is 13.8 Å². The zero-order valence-corrected chi connectivity index (χ0v) is 21.0. The van der Waals surface area contributed by atoms with Crippen LogP contribution in [0.5, 0.6) is 5.75 Å². The van der Waals surface area contributed by atoms with Gasteiger partial charge in [0, 0.05) is 17.9 Å². The summed E-state index contributed by atoms with van der Waals surface area (Å²) in [7, 11) is 0. The summed E-state index contributed by atoms with van der Waals surface area (Å²) in [6.45, 7) is 8.51. The molecule has 192 valence electrons. The fourth-order valence-corrected chi connectivity index (χ4v) is 3.69. The number of aryl methyl sites for hydroxylation is 2. The van der Waals surface area contributed by atoms with Crippen molar-refractivity contribution in [3.05, 3.63) is 102 Å². The van der Waals surface area contributed by atoms with Gasteiger partial charge in [0.2, 0.25) is 5.91 Å². The van der Waals surface area contributed by atoms with E-state index in [-0.39, 0.29) is 30.5 Å². The third-order valence-electron chi connectivity index (χ3n) is 5.72. The molecule has 0 atom stereocenters. The van der Waals surface area contributed by atoms with E-state index in [1.165, 1.54) is 12.1 Å². The summed E-state index contributed by atoms with van der Waals surface area (Å²) in [6, 6.07) is 18.8. The molecule has 0 aliphatic rings. The van der Waals surface area contributed by atoms with Crippen LogP contribution in [0.3, 0.4) is 0 Å². The van der Waals surface area contributed by atoms with E-state index in [1.807, 2.05) is 50.2 Å². The Labute approximate surface area is 216 Å². The van der Waals surface area contributed by atoms with Crippen LogP contribution in [-0.2, 0) is 11.2 Å². The second-order valence-corrected chi connectivity index (χ2v) is 8.53. The highest BCUT2D eigenvalue weighted by Gasteiger charge is 2.15. The SMILES string of the molecule is C=CCN(CCOc1ccc(C(=O)O)cc1)C(=O)Cc1ccc(NC(=O)Nc2ccccc2C)c(C)c1. The molecule has 3 N–H and O–H groups in total. The number of carboxylic acid groups (broad SMARTS) is 1. The molecule has 0 aliphatic carbocycles. The number of nitrogens with zero attached hydrogens (tertiary/aromatic N) is 1. The highest BCUT2D eigenvalue weighted by atomic mass is 16.5. The number of carbonyl (C=O) groups is 3. The number of aromatic carboxylic acids is 1. The predicted molar refractivity (Wildman–Crippen MR) is 144 cm³/mol. The molecule has 0 saturated heterocycles. The number of carboxylic acids is 1. The molecule has 0 fully saturated rings. The topological polar surface area (TPSA) is 108 Å². The fourth-order valence-electron chi connectivity index (χ4n) is 3.69. The maximum atomic E-state index is 13.0. The molecule has 3 amide bonds. The van der Waals surface area contributed by atoms with Gasteiger partial charge in [0.15, 0.2) is 0 Å². The van der Waals surface area contributed by atoms with Crippen LogP contribution in [0.4, 0.5) is 16.2 Å². The monoisotopic (exact) mass is 501 g/mol. The zero-order valence-electron chi connectivity index (χ0n) is 21.0. The zero-order chi connectivity index (χ0) is 26.8. The molecule has 0 heterocycles. The Hall–Kier alpha value is -4.59. The van der Waals surface area contributed by atoms with E-state index in [0.717, 1.165) is 22.4 Å². The molecule has 3 aromatic rings. The average molecular weight is 502 g/mol. The second-order valence-electron chi connectivity index (χ2n) is 8.53. The largest absolute Gasteiger partial charge is 0.492 e. The van der Waals surface area contributed by atoms with Gasteiger partial charge >= 0.3 is 12.0 Å². The third kappa shape index (κ3) is 7.96. The van der Waals surface area contributed by atoms with Gasteiger partial charge in [-0.15, -0.1) is 6.58 Å². The molecule has 0 radical (unpaired) electrons. The summed E-state index contributed by atoms with van der Waals surface area (Å²) in [6.07, 6.45) is 1.85. The van der Waals surface area contributed by atoms with Crippen molar-refractivity contribution in [2.45, 2.75) is 20.3 Å². The van der Waals surface area contributed by atoms with E-state index in [0.29, 0.717) is 24.5 Å². The predicted octanol–water partition coefficient (Wildman–Crippen LogP) is 5.28. The number of anilines is 2. The smallest absolute Gasteiger partial charge is 0.335 e. The Bertz CT molecular complexity index is 1270. The van der Waals surface area contributed by atoms with E-state index in [9.17, 15) is 14.4 Å². The molecule has 37 heavy (non-hydrogen) atoms. The number of ether oxygens (including phenoxy) is 1. The van der Waals surface area contributed by atoms with Crippen molar-refractivity contribution >= 4 is 29.3 Å². The molecular weight excluding hydrogens is 470 g/mol. The van der Waals surface area contributed by atoms with Gasteiger partial charge in [0.25, 0.3) is 0 Å². The molecule has 8 nitrogen and oxygen atoms in total. The van der Waals surface area contributed by atoms with Crippen LogP contribution in [-0.4, -0.2) is 47.6 Å². The van der Waals surface area contributed by atoms with Gasteiger partial charge < -0.3 is 25.4 Å². The number of rotatable bonds is 11. The van der Waals surface area contributed by atoms with E-state index in [2.05, 4.69) is 17.2 Å². The summed E-state index contributed by atoms with van der Waals surface area (Å²) >= 11 is 0. The number of hydrogen-bond donors (Lipinski definition) is 3. The van der Waals surface area contributed by atoms with E-state index in [4.69, 9.17) is 9.84 Å². The number of para-hydroxylation sites is 1. The molecule has 0 aromatic heterocycles. The number of urea groups is 1. The van der Waals surface area contributed by atoms with Crippen molar-refractivity contribution in [3.8, 4) is 5.75 Å². The van der Waals surface area contributed by atoms with Gasteiger partial charge in [-0.25, -0.2) is 9.59 Å². The molecular formula is C29H31N3O5. The van der Waals surface area contributed by atoms with Crippen LogP contribution >= 0.6 is 0 Å². The van der Waals surface area contributed by atoms with E-state index < -0.39 is 5.97 Å². The first-order chi connectivity index (χ1) is 17.8. The standard InChI is InChI=1S/C29H31N3O5/c1-4-15-32(16-17-37-24-12-10-23(11-13-24)28(34)35)27(33)19-22-9-14-26(21(3)18-22)31-29(36)30-25-8-6-5-7-20(25)2/h4-14,18H,1,15-17,19H2,2-3H3,(H,34,35)(H2,30,31,36). The van der Waals surface area contributed by atoms with Crippen LogP contribution in [0.1, 0.15) is 27.0 Å². The lowest BCUT2D eigenvalue weighted by Gasteiger charge is -2.22. The van der Waals surface area contributed by atoms with Crippen molar-refractivity contribution < 1.29 is 24.2 Å². The Kier molecular flexibility index (Phi) is 9.43. The Balaban J connectivity index is 1.54. The van der Waals surface area contributed by atoms with Crippen molar-refractivity contribution in [3.63, 3.8) is 0 Å². The van der Waals surface area contributed by atoms with Gasteiger partial charge in [-0.05, 0) is 66.9 Å². The second kappa shape index (κ2) is 12.9. The minimum Gasteiger partial charge on any atom is -0.492 e. The molecule has 3 aromatic carbocycles. The first-order valence-corrected chi connectivity index (χ1v) is 11.8. The van der Waals surface area contributed by atoms with Crippen LogP contribution in [0.15, 0.2) is 79.4 Å². The summed E-state index contributed by atoms with van der Waals surface area (Å²) < 4.78 is 5.67. The van der Waals surface area contributed by atoms with Crippen molar-refractivity contribution in [1.29, 1.82) is 0 Å². The van der Waals surface area contributed by atoms with Crippen molar-refractivity contribution in [1.82, 2.24) is 4.90 Å². The molecule has 0 saturated carbocycles. The summed E-state index contributed by atoms with van der Waals surface area (Å²) in [4.78, 5) is 38.0. The quantitative estimate of drug-likeness (QED) is 0.310. The Morgan fingerprint density at radius 1 is 0.946 bits per heavy atom. The highest BCUT2D eigenvalue weighted by molar-refractivity contribution is 6.00. The molecule has 0 unspecified atom stereocenters. The Morgan fingerprint density at radius 3 is 2.24 bits per heavy atom. The maximum absolute atomic E-state index is 13.0. The first kappa shape index (κ1) is 27.0. The minimum absolute atomic E-state index is 0.0814. The third-order valence-corrected chi connectivity index (χ3v) is 5.72. The molecule has 0 bridgehead atoms. The number of benzene rings is 3. The highest BCUT2D eigenvalue weighted by Crippen LogP contribution is 2.19. The van der Waals surface area contributed by atoms with Gasteiger partial charge in [-0.1, -0.05) is 36.4 Å². The number of hydrogen-bond acceptors (Lipinski definition) is 4. The van der Waals surface area contributed by atoms with E-state index >= 15 is 0 Å². The average Bonchev–Trinajstić information content (AvgIpc) is 2.87. The maximum Gasteiger partial charge on any atom is 0.335 e. The van der Waals surface area contributed by atoms with Crippen LogP contribution < -0.4 is 15.4 Å². The minimum atomic E-state index is -1.00. The van der Waals surface area contributed by atoms with Crippen LogP contribution in [0.2, 0.25) is 0 Å². The van der Waals surface area contributed by atoms with Crippen molar-refractivity contribution in [2.24, 2.45) is 0 Å². The van der Waals surface area contributed by atoms with Gasteiger partial charge in [0.05, 0.1) is 18.5 Å². The summed E-state index contributed by atoms with van der Waals surface area (Å²) in [5, 5.41) is 14.7. The van der Waals surface area contributed by atoms with Crippen LogP contribution in [0.25, 0.3) is 0 Å². The number of carbonyl (C=O) groups excluding carboxylic acids is 2. The normalized spacial score (nSPS) is 10.3. The lowest BCUT2D eigenvalue weighted by atomic mass is 10.1. The molecule has 0 aliphatic heterocycles. The van der Waals surface area contributed by atoms with Crippen molar-refractivity contribution in [2.75, 3.05) is 30.3 Å². The number of amides is 3.